The highest BCUT2D eigenvalue weighted by Crippen LogP contribution is 2.35. The molecule has 0 amide bonds. The second-order valence-electron chi connectivity index (χ2n) is 5.62. The minimum Gasteiger partial charge on any atom is -0.497 e. The number of halogens is 2. The molecule has 1 N–H and O–H groups in total. The molecule has 1 aromatic heterocycles. The second kappa shape index (κ2) is 8.57. The van der Waals surface area contributed by atoms with Gasteiger partial charge in [0.25, 0.3) is 0 Å². The molecular formula is C18H19ClFN3O4S. The highest BCUT2D eigenvalue weighted by atomic mass is 35.5. The standard InChI is InChI=1S/C18H18FN3O4S.ClH/c1-4-27(23,24)12-5-6-13(19)14(9-12)22-18-17-15(20-10-21-18)7-11(25-2)8-16(17)26-3;/h5-10H,4H2,1-3H3,(H,20,21,22);1H. The van der Waals surface area contributed by atoms with E-state index in [1.807, 2.05) is 0 Å². The molecule has 0 aliphatic rings. The Kier molecular flexibility index (Phi) is 6.63. The Hall–Kier alpha value is -2.65. The Morgan fingerprint density at radius 3 is 2.50 bits per heavy atom. The number of aromatic nitrogens is 2. The van der Waals surface area contributed by atoms with E-state index in [1.54, 1.807) is 12.1 Å². The first-order chi connectivity index (χ1) is 12.9. The SMILES string of the molecule is CCS(=O)(=O)c1ccc(F)c(Nc2ncnc3cc(OC)cc(OC)c23)c1.Cl. The molecule has 1 heterocycles. The van der Waals surface area contributed by atoms with E-state index in [1.165, 1.54) is 39.6 Å². The lowest BCUT2D eigenvalue weighted by Gasteiger charge is -2.14. The maximum absolute atomic E-state index is 14.3. The summed E-state index contributed by atoms with van der Waals surface area (Å²) in [5.74, 6) is 0.576. The molecule has 0 aliphatic carbocycles. The van der Waals surface area contributed by atoms with Crippen molar-refractivity contribution in [2.75, 3.05) is 25.3 Å². The van der Waals surface area contributed by atoms with Gasteiger partial charge in [-0.15, -0.1) is 12.4 Å². The maximum atomic E-state index is 14.3. The summed E-state index contributed by atoms with van der Waals surface area (Å²) in [7, 11) is -0.465. The van der Waals surface area contributed by atoms with Crippen molar-refractivity contribution in [2.45, 2.75) is 11.8 Å². The summed E-state index contributed by atoms with van der Waals surface area (Å²) in [5, 5.41) is 3.37. The Morgan fingerprint density at radius 1 is 1.11 bits per heavy atom. The molecule has 7 nitrogen and oxygen atoms in total. The number of rotatable bonds is 6. The molecule has 0 unspecified atom stereocenters. The third kappa shape index (κ3) is 4.10. The van der Waals surface area contributed by atoms with Crippen LogP contribution in [0.4, 0.5) is 15.9 Å². The monoisotopic (exact) mass is 427 g/mol. The summed E-state index contributed by atoms with van der Waals surface area (Å²) in [6.45, 7) is 1.53. The number of anilines is 2. The Bertz CT molecular complexity index is 1110. The molecule has 3 aromatic rings. The Balaban J connectivity index is 0.00000280. The van der Waals surface area contributed by atoms with Crippen molar-refractivity contribution in [1.82, 2.24) is 9.97 Å². The van der Waals surface area contributed by atoms with E-state index in [4.69, 9.17) is 9.47 Å². The third-order valence-corrected chi connectivity index (χ3v) is 5.79. The average molecular weight is 428 g/mol. The third-order valence-electron chi connectivity index (χ3n) is 4.06. The Labute approximate surface area is 168 Å². The van der Waals surface area contributed by atoms with Crippen molar-refractivity contribution in [3.8, 4) is 11.5 Å². The molecule has 0 radical (unpaired) electrons. The lowest BCUT2D eigenvalue weighted by atomic mass is 10.2. The summed E-state index contributed by atoms with van der Waals surface area (Å²) < 4.78 is 49.1. The number of hydrogen-bond acceptors (Lipinski definition) is 7. The zero-order valence-corrected chi connectivity index (χ0v) is 17.0. The highest BCUT2D eigenvalue weighted by Gasteiger charge is 2.17. The Morgan fingerprint density at radius 2 is 1.86 bits per heavy atom. The quantitative estimate of drug-likeness (QED) is 0.599. The van der Waals surface area contributed by atoms with E-state index >= 15 is 0 Å². The highest BCUT2D eigenvalue weighted by molar-refractivity contribution is 7.91. The number of nitrogens with one attached hydrogen (secondary N) is 1. The topological polar surface area (TPSA) is 90.4 Å². The smallest absolute Gasteiger partial charge is 0.178 e. The van der Waals surface area contributed by atoms with E-state index in [9.17, 15) is 12.8 Å². The summed E-state index contributed by atoms with van der Waals surface area (Å²) in [4.78, 5) is 8.38. The molecule has 0 saturated heterocycles. The molecule has 0 fully saturated rings. The molecule has 150 valence electrons. The van der Waals surface area contributed by atoms with Gasteiger partial charge in [-0.05, 0) is 18.2 Å². The zero-order valence-electron chi connectivity index (χ0n) is 15.4. The van der Waals surface area contributed by atoms with Gasteiger partial charge in [-0.3, -0.25) is 0 Å². The van der Waals surface area contributed by atoms with Gasteiger partial charge in [0, 0.05) is 12.1 Å². The van der Waals surface area contributed by atoms with Crippen LogP contribution in [0.25, 0.3) is 10.9 Å². The van der Waals surface area contributed by atoms with Gasteiger partial charge in [0.2, 0.25) is 0 Å². The van der Waals surface area contributed by atoms with Crippen LogP contribution in [0.1, 0.15) is 6.92 Å². The number of benzene rings is 2. The summed E-state index contributed by atoms with van der Waals surface area (Å²) >= 11 is 0. The van der Waals surface area contributed by atoms with Crippen molar-refractivity contribution in [3.63, 3.8) is 0 Å². The first-order valence-electron chi connectivity index (χ1n) is 8.05. The molecule has 0 spiro atoms. The van der Waals surface area contributed by atoms with Crippen LogP contribution < -0.4 is 14.8 Å². The number of methoxy groups -OCH3 is 2. The fourth-order valence-corrected chi connectivity index (χ4v) is 3.50. The van der Waals surface area contributed by atoms with E-state index in [0.29, 0.717) is 22.4 Å². The minimum absolute atomic E-state index is 0. The van der Waals surface area contributed by atoms with Gasteiger partial charge >= 0.3 is 0 Å². The van der Waals surface area contributed by atoms with Crippen LogP contribution in [0.15, 0.2) is 41.6 Å². The molecule has 28 heavy (non-hydrogen) atoms. The summed E-state index contributed by atoms with van der Waals surface area (Å²) in [5.41, 5.74) is 0.517. The predicted molar refractivity (Wildman–Crippen MR) is 107 cm³/mol. The first-order valence-corrected chi connectivity index (χ1v) is 9.71. The van der Waals surface area contributed by atoms with Gasteiger partial charge in [-0.25, -0.2) is 22.8 Å². The largest absolute Gasteiger partial charge is 0.497 e. The van der Waals surface area contributed by atoms with Crippen LogP contribution in [0.5, 0.6) is 11.5 Å². The van der Waals surface area contributed by atoms with Crippen LogP contribution in [0.2, 0.25) is 0 Å². The molecule has 0 atom stereocenters. The molecular weight excluding hydrogens is 409 g/mol. The molecule has 0 aliphatic heterocycles. The molecule has 2 aromatic carbocycles. The average Bonchev–Trinajstić information content (AvgIpc) is 2.68. The summed E-state index contributed by atoms with van der Waals surface area (Å²) in [6.07, 6.45) is 1.31. The second-order valence-corrected chi connectivity index (χ2v) is 7.89. The molecule has 3 rings (SSSR count). The lowest BCUT2D eigenvalue weighted by Crippen LogP contribution is -2.06. The number of nitrogens with zero attached hydrogens (tertiary/aromatic N) is 2. The summed E-state index contributed by atoms with van der Waals surface area (Å²) in [6, 6.07) is 6.94. The fraction of sp³-hybridized carbons (Fsp3) is 0.222. The van der Waals surface area contributed by atoms with Gasteiger partial charge in [-0.2, -0.15) is 0 Å². The van der Waals surface area contributed by atoms with Crippen LogP contribution >= 0.6 is 12.4 Å². The van der Waals surface area contributed by atoms with Crippen molar-refractivity contribution < 1.29 is 22.3 Å². The van der Waals surface area contributed by atoms with Crippen LogP contribution in [-0.2, 0) is 9.84 Å². The van der Waals surface area contributed by atoms with Crippen molar-refractivity contribution in [2.24, 2.45) is 0 Å². The van der Waals surface area contributed by atoms with Crippen LogP contribution in [0, 0.1) is 5.82 Å². The zero-order chi connectivity index (χ0) is 19.6. The fourth-order valence-electron chi connectivity index (χ4n) is 2.59. The number of sulfone groups is 1. The van der Waals surface area contributed by atoms with Gasteiger partial charge in [0.05, 0.1) is 41.5 Å². The van der Waals surface area contributed by atoms with Gasteiger partial charge in [-0.1, -0.05) is 6.92 Å². The van der Waals surface area contributed by atoms with Crippen molar-refractivity contribution >= 4 is 44.7 Å². The number of fused-ring (bicyclic) bond motifs is 1. The van der Waals surface area contributed by atoms with E-state index < -0.39 is 15.7 Å². The van der Waals surface area contributed by atoms with Crippen molar-refractivity contribution in [1.29, 1.82) is 0 Å². The van der Waals surface area contributed by atoms with Crippen LogP contribution in [0.3, 0.4) is 0 Å². The molecule has 10 heteroatoms. The van der Waals surface area contributed by atoms with E-state index in [-0.39, 0.29) is 34.6 Å². The van der Waals surface area contributed by atoms with E-state index in [0.717, 1.165) is 6.07 Å². The van der Waals surface area contributed by atoms with E-state index in [2.05, 4.69) is 15.3 Å². The lowest BCUT2D eigenvalue weighted by molar-refractivity contribution is 0.398. The van der Waals surface area contributed by atoms with Gasteiger partial charge in [0.15, 0.2) is 9.84 Å². The van der Waals surface area contributed by atoms with Crippen molar-refractivity contribution in [3.05, 3.63) is 42.5 Å². The van der Waals surface area contributed by atoms with Gasteiger partial charge in [0.1, 0.15) is 29.5 Å². The molecule has 0 bridgehead atoms. The van der Waals surface area contributed by atoms with Crippen LogP contribution in [-0.4, -0.2) is 38.4 Å². The first kappa shape index (κ1) is 21.6. The van der Waals surface area contributed by atoms with Gasteiger partial charge < -0.3 is 14.8 Å². The maximum Gasteiger partial charge on any atom is 0.178 e. The normalized spacial score (nSPS) is 11.0. The molecule has 0 saturated carbocycles. The number of hydrogen-bond donors (Lipinski definition) is 1. The predicted octanol–water partition coefficient (Wildman–Crippen LogP) is 3.75. The number of ether oxygens (including phenoxy) is 2. The minimum atomic E-state index is -3.47.